The largest absolute Gasteiger partial charge is 0.378 e. The topological polar surface area (TPSA) is 24.5 Å². The summed E-state index contributed by atoms with van der Waals surface area (Å²) < 4.78 is 5.52. The van der Waals surface area contributed by atoms with Crippen LogP contribution in [-0.4, -0.2) is 49.8 Å². The predicted molar refractivity (Wildman–Crippen MR) is 73.4 cm³/mol. The highest BCUT2D eigenvalue weighted by Gasteiger charge is 2.29. The second kappa shape index (κ2) is 7.34. The van der Waals surface area contributed by atoms with Crippen LogP contribution in [0, 0.1) is 5.92 Å². The van der Waals surface area contributed by atoms with Gasteiger partial charge in [-0.15, -0.1) is 0 Å². The Labute approximate surface area is 107 Å². The van der Waals surface area contributed by atoms with Crippen LogP contribution in [0.25, 0.3) is 0 Å². The molecule has 0 radical (unpaired) electrons. The first-order chi connectivity index (χ1) is 8.02. The molecule has 0 atom stereocenters. The van der Waals surface area contributed by atoms with Crippen molar-refractivity contribution in [2.45, 2.75) is 46.1 Å². The number of nitrogens with one attached hydrogen (secondary N) is 1. The summed E-state index contributed by atoms with van der Waals surface area (Å²) in [6, 6.07) is 0. The van der Waals surface area contributed by atoms with E-state index in [9.17, 15) is 0 Å². The molecule has 1 aliphatic heterocycles. The van der Waals surface area contributed by atoms with Crippen LogP contribution in [0.15, 0.2) is 0 Å². The molecule has 1 fully saturated rings. The highest BCUT2D eigenvalue weighted by Crippen LogP contribution is 2.17. The van der Waals surface area contributed by atoms with Crippen molar-refractivity contribution >= 4 is 0 Å². The standard InChI is InChI=1S/C14H30N2O/c1-13(2)6-5-7-15-8-9-16-10-11-17-12-14(16,3)4/h13,15H,5-12H2,1-4H3. The monoisotopic (exact) mass is 242 g/mol. The van der Waals surface area contributed by atoms with Crippen LogP contribution in [0.5, 0.6) is 0 Å². The maximum absolute atomic E-state index is 5.52. The summed E-state index contributed by atoms with van der Waals surface area (Å²) in [6.45, 7) is 15.3. The average Bonchev–Trinajstić information content (AvgIpc) is 2.24. The lowest BCUT2D eigenvalue weighted by molar-refractivity contribution is -0.0500. The van der Waals surface area contributed by atoms with Gasteiger partial charge in [-0.05, 0) is 39.2 Å². The zero-order chi connectivity index (χ0) is 12.7. The molecule has 0 spiro atoms. The number of ether oxygens (including phenoxy) is 1. The Morgan fingerprint density at radius 3 is 2.71 bits per heavy atom. The second-order valence-electron chi connectivity index (χ2n) is 6.14. The van der Waals surface area contributed by atoms with Crippen molar-refractivity contribution in [3.8, 4) is 0 Å². The Morgan fingerprint density at radius 1 is 1.29 bits per heavy atom. The fourth-order valence-electron chi connectivity index (χ4n) is 2.28. The number of rotatable bonds is 7. The average molecular weight is 242 g/mol. The molecule has 17 heavy (non-hydrogen) atoms. The Kier molecular flexibility index (Phi) is 6.45. The third kappa shape index (κ3) is 5.84. The Morgan fingerprint density at radius 2 is 2.06 bits per heavy atom. The minimum atomic E-state index is 0.206. The van der Waals surface area contributed by atoms with Gasteiger partial charge in [0.1, 0.15) is 0 Å². The molecule has 0 aromatic rings. The van der Waals surface area contributed by atoms with E-state index in [0.29, 0.717) is 0 Å². The molecule has 1 saturated heterocycles. The number of morpholine rings is 1. The van der Waals surface area contributed by atoms with Gasteiger partial charge in [-0.3, -0.25) is 4.90 Å². The van der Waals surface area contributed by atoms with Crippen LogP contribution in [0.3, 0.4) is 0 Å². The highest BCUT2D eigenvalue weighted by atomic mass is 16.5. The Hall–Kier alpha value is -0.120. The van der Waals surface area contributed by atoms with Gasteiger partial charge in [0.05, 0.1) is 13.2 Å². The fourth-order valence-corrected chi connectivity index (χ4v) is 2.28. The summed E-state index contributed by atoms with van der Waals surface area (Å²) in [5, 5.41) is 3.54. The van der Waals surface area contributed by atoms with Gasteiger partial charge in [0.15, 0.2) is 0 Å². The van der Waals surface area contributed by atoms with Gasteiger partial charge >= 0.3 is 0 Å². The van der Waals surface area contributed by atoms with Gasteiger partial charge in [0, 0.05) is 25.2 Å². The number of hydrogen-bond donors (Lipinski definition) is 1. The van der Waals surface area contributed by atoms with Crippen molar-refractivity contribution in [1.29, 1.82) is 0 Å². The van der Waals surface area contributed by atoms with Gasteiger partial charge in [0.2, 0.25) is 0 Å². The minimum absolute atomic E-state index is 0.206. The summed E-state index contributed by atoms with van der Waals surface area (Å²) in [4.78, 5) is 2.53. The molecular formula is C14H30N2O. The van der Waals surface area contributed by atoms with Gasteiger partial charge < -0.3 is 10.1 Å². The summed E-state index contributed by atoms with van der Waals surface area (Å²) in [5.74, 6) is 0.829. The lowest BCUT2D eigenvalue weighted by atomic mass is 10.0. The lowest BCUT2D eigenvalue weighted by Crippen LogP contribution is -2.54. The molecule has 1 N–H and O–H groups in total. The summed E-state index contributed by atoms with van der Waals surface area (Å²) in [6.07, 6.45) is 2.63. The lowest BCUT2D eigenvalue weighted by Gasteiger charge is -2.42. The first-order valence-electron chi connectivity index (χ1n) is 7.06. The van der Waals surface area contributed by atoms with Crippen LogP contribution in [-0.2, 0) is 4.74 Å². The van der Waals surface area contributed by atoms with Crippen molar-refractivity contribution < 1.29 is 4.74 Å². The van der Waals surface area contributed by atoms with Crippen LogP contribution in [0.2, 0.25) is 0 Å². The zero-order valence-electron chi connectivity index (χ0n) is 12.1. The Bertz CT molecular complexity index is 204. The summed E-state index contributed by atoms with van der Waals surface area (Å²) >= 11 is 0. The van der Waals surface area contributed by atoms with Gasteiger partial charge in [-0.2, -0.15) is 0 Å². The predicted octanol–water partition coefficient (Wildman–Crippen LogP) is 2.12. The second-order valence-corrected chi connectivity index (χ2v) is 6.14. The van der Waals surface area contributed by atoms with Gasteiger partial charge in [-0.25, -0.2) is 0 Å². The molecule has 1 rings (SSSR count). The van der Waals surface area contributed by atoms with Gasteiger partial charge in [0.25, 0.3) is 0 Å². The third-order valence-electron chi connectivity index (χ3n) is 3.51. The van der Waals surface area contributed by atoms with Gasteiger partial charge in [-0.1, -0.05) is 13.8 Å². The molecule has 0 aliphatic carbocycles. The van der Waals surface area contributed by atoms with Crippen LogP contribution < -0.4 is 5.32 Å². The quantitative estimate of drug-likeness (QED) is 0.692. The molecule has 0 unspecified atom stereocenters. The SMILES string of the molecule is CC(C)CCCNCCN1CCOCC1(C)C. The maximum Gasteiger partial charge on any atom is 0.0645 e. The smallest absolute Gasteiger partial charge is 0.0645 e. The molecule has 0 saturated carbocycles. The number of nitrogens with zero attached hydrogens (tertiary/aromatic N) is 1. The Balaban J connectivity index is 2.05. The molecule has 3 nitrogen and oxygen atoms in total. The molecular weight excluding hydrogens is 212 g/mol. The maximum atomic E-state index is 5.52. The summed E-state index contributed by atoms with van der Waals surface area (Å²) in [5.41, 5.74) is 0.206. The highest BCUT2D eigenvalue weighted by molar-refractivity contribution is 4.84. The third-order valence-corrected chi connectivity index (χ3v) is 3.51. The zero-order valence-corrected chi connectivity index (χ0v) is 12.1. The van der Waals surface area contributed by atoms with Crippen molar-refractivity contribution in [3.63, 3.8) is 0 Å². The normalized spacial score (nSPS) is 21.0. The first-order valence-corrected chi connectivity index (χ1v) is 7.06. The van der Waals surface area contributed by atoms with E-state index < -0.39 is 0 Å². The van der Waals surface area contributed by atoms with E-state index in [1.807, 2.05) is 0 Å². The molecule has 0 amide bonds. The number of hydrogen-bond acceptors (Lipinski definition) is 3. The van der Waals surface area contributed by atoms with Crippen molar-refractivity contribution in [2.75, 3.05) is 39.4 Å². The fraction of sp³-hybridized carbons (Fsp3) is 1.00. The van der Waals surface area contributed by atoms with E-state index in [2.05, 4.69) is 37.9 Å². The van der Waals surface area contributed by atoms with E-state index in [4.69, 9.17) is 4.74 Å². The van der Waals surface area contributed by atoms with E-state index in [1.165, 1.54) is 12.8 Å². The molecule has 102 valence electrons. The van der Waals surface area contributed by atoms with E-state index in [0.717, 1.165) is 45.3 Å². The molecule has 0 bridgehead atoms. The first kappa shape index (κ1) is 14.9. The van der Waals surface area contributed by atoms with E-state index in [-0.39, 0.29) is 5.54 Å². The van der Waals surface area contributed by atoms with Crippen LogP contribution in [0.1, 0.15) is 40.5 Å². The molecule has 0 aromatic heterocycles. The molecule has 1 heterocycles. The molecule has 1 aliphatic rings. The van der Waals surface area contributed by atoms with Crippen LogP contribution in [0.4, 0.5) is 0 Å². The van der Waals surface area contributed by atoms with E-state index >= 15 is 0 Å². The molecule has 3 heteroatoms. The van der Waals surface area contributed by atoms with Crippen molar-refractivity contribution in [3.05, 3.63) is 0 Å². The van der Waals surface area contributed by atoms with Crippen molar-refractivity contribution in [1.82, 2.24) is 10.2 Å². The summed E-state index contributed by atoms with van der Waals surface area (Å²) in [7, 11) is 0. The van der Waals surface area contributed by atoms with Crippen LogP contribution >= 0.6 is 0 Å². The van der Waals surface area contributed by atoms with Crippen molar-refractivity contribution in [2.24, 2.45) is 5.92 Å². The van der Waals surface area contributed by atoms with E-state index in [1.54, 1.807) is 0 Å². The minimum Gasteiger partial charge on any atom is -0.378 e. The molecule has 0 aromatic carbocycles.